The van der Waals surface area contributed by atoms with Gasteiger partial charge in [0.1, 0.15) is 0 Å². The molecule has 2 aromatic heterocycles. The van der Waals surface area contributed by atoms with Gasteiger partial charge < -0.3 is 10.4 Å². The molecule has 0 aliphatic heterocycles. The van der Waals surface area contributed by atoms with Gasteiger partial charge in [-0.15, -0.1) is 5.10 Å². The normalized spacial score (nSPS) is 14.1. The molecule has 7 heteroatoms. The molecule has 0 fully saturated rings. The largest absolute Gasteiger partial charge is 0.396 e. The third-order valence-electron chi connectivity index (χ3n) is 3.51. The van der Waals surface area contributed by atoms with Crippen LogP contribution in [0.5, 0.6) is 0 Å². The summed E-state index contributed by atoms with van der Waals surface area (Å²) < 4.78 is 1.63. The van der Waals surface area contributed by atoms with Crippen LogP contribution in [0, 0.1) is 19.8 Å². The number of fused-ring (bicyclic) bond motifs is 1. The van der Waals surface area contributed by atoms with Crippen LogP contribution < -0.4 is 5.32 Å². The average Bonchev–Trinajstić information content (AvgIpc) is 2.79. The molecule has 7 nitrogen and oxygen atoms in total. The highest BCUT2D eigenvalue weighted by atomic mass is 16.3. The second-order valence-electron chi connectivity index (χ2n) is 5.47. The molecule has 0 saturated heterocycles. The Labute approximate surface area is 123 Å². The summed E-state index contributed by atoms with van der Waals surface area (Å²) in [6, 6.07) is 1.82. The number of carbonyl (C=O) groups is 1. The third-order valence-corrected chi connectivity index (χ3v) is 3.51. The first-order valence-electron chi connectivity index (χ1n) is 7.01. The van der Waals surface area contributed by atoms with E-state index in [-0.39, 0.29) is 30.9 Å². The zero-order valence-corrected chi connectivity index (χ0v) is 12.8. The molecule has 0 spiro atoms. The van der Waals surface area contributed by atoms with Gasteiger partial charge in [0.15, 0.2) is 5.82 Å². The molecule has 21 heavy (non-hydrogen) atoms. The summed E-state index contributed by atoms with van der Waals surface area (Å²) in [6.07, 6.45) is 0.102. The third kappa shape index (κ3) is 3.55. The number of nitrogens with zero attached hydrogens (tertiary/aromatic N) is 4. The Morgan fingerprint density at radius 3 is 2.76 bits per heavy atom. The zero-order chi connectivity index (χ0) is 15.6. The Hall–Kier alpha value is -2.02. The van der Waals surface area contributed by atoms with Crippen molar-refractivity contribution >= 4 is 11.7 Å². The number of hydrogen-bond acceptors (Lipinski definition) is 5. The molecular formula is C14H21N5O2. The summed E-state index contributed by atoms with van der Waals surface area (Å²) >= 11 is 0. The highest BCUT2D eigenvalue weighted by Gasteiger charge is 2.16. The Bertz CT molecular complexity index is 652. The van der Waals surface area contributed by atoms with Crippen LogP contribution in [0.2, 0.25) is 0 Å². The number of nitrogens with one attached hydrogen (secondary N) is 1. The maximum atomic E-state index is 12.0. The van der Waals surface area contributed by atoms with E-state index in [1.54, 1.807) is 4.52 Å². The minimum atomic E-state index is -0.159. The van der Waals surface area contributed by atoms with E-state index >= 15 is 0 Å². The highest BCUT2D eigenvalue weighted by molar-refractivity contribution is 5.78. The van der Waals surface area contributed by atoms with Crippen LogP contribution in [0.15, 0.2) is 6.07 Å². The maximum absolute atomic E-state index is 12.0. The number of amides is 1. The Morgan fingerprint density at radius 2 is 2.10 bits per heavy atom. The summed E-state index contributed by atoms with van der Waals surface area (Å²) in [5, 5.41) is 16.2. The van der Waals surface area contributed by atoms with Gasteiger partial charge in [-0.25, -0.2) is 9.50 Å². The van der Waals surface area contributed by atoms with Gasteiger partial charge in [0.2, 0.25) is 5.91 Å². The maximum Gasteiger partial charge on any atom is 0.252 e. The van der Waals surface area contributed by atoms with Gasteiger partial charge in [0.05, 0.1) is 6.42 Å². The second kappa shape index (κ2) is 6.17. The van der Waals surface area contributed by atoms with Crippen molar-refractivity contribution in [3.63, 3.8) is 0 Å². The topological polar surface area (TPSA) is 92.4 Å². The molecule has 2 heterocycles. The fourth-order valence-electron chi connectivity index (χ4n) is 2.03. The number of aryl methyl sites for hydroxylation is 2. The van der Waals surface area contributed by atoms with E-state index in [9.17, 15) is 4.79 Å². The van der Waals surface area contributed by atoms with Crippen molar-refractivity contribution in [1.29, 1.82) is 0 Å². The van der Waals surface area contributed by atoms with Crippen LogP contribution in [-0.4, -0.2) is 43.2 Å². The quantitative estimate of drug-likeness (QED) is 0.832. The van der Waals surface area contributed by atoms with E-state index < -0.39 is 0 Å². The van der Waals surface area contributed by atoms with Crippen molar-refractivity contribution in [2.45, 2.75) is 40.2 Å². The predicted octanol–water partition coefficient (Wildman–Crippen LogP) is 0.417. The molecular weight excluding hydrogens is 270 g/mol. The van der Waals surface area contributed by atoms with Gasteiger partial charge in [-0.05, 0) is 32.8 Å². The van der Waals surface area contributed by atoms with Crippen LogP contribution in [0.3, 0.4) is 0 Å². The molecule has 0 aromatic carbocycles. The van der Waals surface area contributed by atoms with E-state index in [2.05, 4.69) is 20.4 Å². The van der Waals surface area contributed by atoms with Gasteiger partial charge in [-0.1, -0.05) is 6.92 Å². The number of hydrogen-bond donors (Lipinski definition) is 2. The van der Waals surface area contributed by atoms with Gasteiger partial charge in [-0.3, -0.25) is 4.79 Å². The first-order valence-corrected chi connectivity index (χ1v) is 7.01. The molecule has 0 radical (unpaired) electrons. The second-order valence-corrected chi connectivity index (χ2v) is 5.47. The number of aliphatic hydroxyl groups is 1. The first kappa shape index (κ1) is 15.4. The summed E-state index contributed by atoms with van der Waals surface area (Å²) in [4.78, 5) is 20.5. The van der Waals surface area contributed by atoms with Crippen molar-refractivity contribution in [3.8, 4) is 0 Å². The van der Waals surface area contributed by atoms with Gasteiger partial charge >= 0.3 is 0 Å². The summed E-state index contributed by atoms with van der Waals surface area (Å²) in [5.74, 6) is 0.798. The minimum Gasteiger partial charge on any atom is -0.396 e. The van der Waals surface area contributed by atoms with Crippen molar-refractivity contribution in [3.05, 3.63) is 23.3 Å². The van der Waals surface area contributed by atoms with Gasteiger partial charge in [-0.2, -0.15) is 4.98 Å². The molecule has 2 N–H and O–H groups in total. The SMILES string of the molecule is Cc1cc(C)n2nc(CC(=O)NC(C)C(C)CO)nc2n1. The molecule has 0 bridgehead atoms. The molecule has 2 unspecified atom stereocenters. The smallest absolute Gasteiger partial charge is 0.252 e. The molecule has 1 amide bonds. The Balaban J connectivity index is 2.09. The van der Waals surface area contributed by atoms with Crippen molar-refractivity contribution < 1.29 is 9.90 Å². The lowest BCUT2D eigenvalue weighted by molar-refractivity contribution is -0.121. The zero-order valence-electron chi connectivity index (χ0n) is 12.8. The number of carbonyl (C=O) groups excluding carboxylic acids is 1. The summed E-state index contributed by atoms with van der Waals surface area (Å²) in [7, 11) is 0. The lowest BCUT2D eigenvalue weighted by Gasteiger charge is -2.18. The van der Waals surface area contributed by atoms with Crippen molar-refractivity contribution in [2.24, 2.45) is 5.92 Å². The van der Waals surface area contributed by atoms with E-state index in [4.69, 9.17) is 5.11 Å². The molecule has 2 rings (SSSR count). The van der Waals surface area contributed by atoms with Crippen LogP contribution in [0.4, 0.5) is 0 Å². The van der Waals surface area contributed by atoms with Crippen LogP contribution in [0.25, 0.3) is 5.78 Å². The summed E-state index contributed by atoms with van der Waals surface area (Å²) in [6.45, 7) is 7.60. The standard InChI is InChI=1S/C14H21N5O2/c1-8(7-20)11(4)16-13(21)6-12-17-14-15-9(2)5-10(3)19(14)18-12/h5,8,11,20H,6-7H2,1-4H3,(H,16,21). The van der Waals surface area contributed by atoms with E-state index in [0.717, 1.165) is 11.4 Å². The van der Waals surface area contributed by atoms with E-state index in [0.29, 0.717) is 11.6 Å². The van der Waals surface area contributed by atoms with Crippen LogP contribution in [0.1, 0.15) is 31.1 Å². The Morgan fingerprint density at radius 1 is 1.38 bits per heavy atom. The minimum absolute atomic E-state index is 0.00883. The predicted molar refractivity (Wildman–Crippen MR) is 77.8 cm³/mol. The lowest BCUT2D eigenvalue weighted by Crippen LogP contribution is -2.39. The Kier molecular flexibility index (Phi) is 4.52. The van der Waals surface area contributed by atoms with Crippen molar-refractivity contribution in [2.75, 3.05) is 6.61 Å². The summed E-state index contributed by atoms with van der Waals surface area (Å²) in [5.41, 5.74) is 1.80. The van der Waals surface area contributed by atoms with Crippen LogP contribution in [-0.2, 0) is 11.2 Å². The molecule has 2 atom stereocenters. The van der Waals surface area contributed by atoms with Gasteiger partial charge in [0.25, 0.3) is 5.78 Å². The first-order chi connectivity index (χ1) is 9.90. The fourth-order valence-corrected chi connectivity index (χ4v) is 2.03. The number of aromatic nitrogens is 4. The molecule has 0 aliphatic rings. The molecule has 114 valence electrons. The lowest BCUT2D eigenvalue weighted by atomic mass is 10.1. The van der Waals surface area contributed by atoms with E-state index in [1.807, 2.05) is 33.8 Å². The monoisotopic (exact) mass is 291 g/mol. The highest BCUT2D eigenvalue weighted by Crippen LogP contribution is 2.06. The van der Waals surface area contributed by atoms with Crippen molar-refractivity contribution in [1.82, 2.24) is 24.9 Å². The van der Waals surface area contributed by atoms with E-state index in [1.165, 1.54) is 0 Å². The molecule has 0 aliphatic carbocycles. The molecule has 0 saturated carbocycles. The number of aliphatic hydroxyl groups excluding tert-OH is 1. The van der Waals surface area contributed by atoms with Crippen LogP contribution >= 0.6 is 0 Å². The number of rotatable bonds is 5. The molecule has 2 aromatic rings. The average molecular weight is 291 g/mol. The van der Waals surface area contributed by atoms with Gasteiger partial charge in [0, 0.05) is 24.0 Å². The fraction of sp³-hybridized carbons (Fsp3) is 0.571.